The zero-order valence-corrected chi connectivity index (χ0v) is 14.6. The number of carbonyl (C=O) groups excluding carboxylic acids is 1. The fourth-order valence-corrected chi connectivity index (χ4v) is 2.92. The predicted molar refractivity (Wildman–Crippen MR) is 94.6 cm³/mol. The van der Waals surface area contributed by atoms with Crippen LogP contribution in [0.5, 0.6) is 5.75 Å². The Bertz CT molecular complexity index is 581. The van der Waals surface area contributed by atoms with E-state index in [-0.39, 0.29) is 17.9 Å². The van der Waals surface area contributed by atoms with Crippen molar-refractivity contribution in [2.24, 2.45) is 17.6 Å². The van der Waals surface area contributed by atoms with E-state index in [0.717, 1.165) is 23.4 Å². The van der Waals surface area contributed by atoms with E-state index in [1.165, 1.54) is 0 Å². The summed E-state index contributed by atoms with van der Waals surface area (Å²) in [7, 11) is 0. The second kappa shape index (κ2) is 7.18. The maximum absolute atomic E-state index is 12.7. The highest BCUT2D eigenvalue weighted by molar-refractivity contribution is 6.00. The molecule has 0 fully saturated rings. The van der Waals surface area contributed by atoms with Gasteiger partial charge in [0, 0.05) is 12.6 Å². The first-order valence-electron chi connectivity index (χ1n) is 8.33. The molecule has 0 aromatic heterocycles. The minimum atomic E-state index is -0.447. The molecule has 1 aromatic rings. The minimum absolute atomic E-state index is 0.0121. The number of nitrogens with two attached hydrogens (primary N) is 1. The summed E-state index contributed by atoms with van der Waals surface area (Å²) in [5, 5.41) is 0. The third kappa shape index (κ3) is 3.75. The molecule has 1 aliphatic heterocycles. The fourth-order valence-electron chi connectivity index (χ4n) is 2.92. The van der Waals surface area contributed by atoms with E-state index in [0.29, 0.717) is 12.5 Å². The summed E-state index contributed by atoms with van der Waals surface area (Å²) < 4.78 is 5.93. The monoisotopic (exact) mass is 316 g/mol. The van der Waals surface area contributed by atoms with Crippen LogP contribution in [0.2, 0.25) is 0 Å². The van der Waals surface area contributed by atoms with Gasteiger partial charge in [0.1, 0.15) is 5.75 Å². The average Bonchev–Trinajstić information content (AvgIpc) is 2.48. The molecule has 1 aliphatic rings. The van der Waals surface area contributed by atoms with Crippen molar-refractivity contribution in [3.8, 4) is 5.75 Å². The lowest BCUT2D eigenvalue weighted by atomic mass is 9.96. The van der Waals surface area contributed by atoms with Crippen LogP contribution in [0.3, 0.4) is 0 Å². The number of benzene rings is 1. The fraction of sp³-hybridized carbons (Fsp3) is 0.526. The molecule has 1 aromatic carbocycles. The molecule has 0 radical (unpaired) electrons. The zero-order valence-electron chi connectivity index (χ0n) is 14.6. The first-order valence-corrected chi connectivity index (χ1v) is 8.33. The molecule has 0 saturated heterocycles. The molecule has 1 heterocycles. The maximum Gasteiger partial charge on any atom is 0.268 e. The smallest absolute Gasteiger partial charge is 0.268 e. The van der Waals surface area contributed by atoms with Crippen LogP contribution in [0.4, 0.5) is 5.69 Å². The summed E-state index contributed by atoms with van der Waals surface area (Å²) in [6.07, 6.45) is 2.20. The largest absolute Gasteiger partial charge is 0.478 e. The molecule has 0 aliphatic carbocycles. The van der Waals surface area contributed by atoms with Crippen LogP contribution in [0.25, 0.3) is 0 Å². The SMILES string of the molecule is C=CCN1C(=O)C(C(C)C)Oc2ccc(C(N)CC(C)C)cc21. The predicted octanol–water partition coefficient (Wildman–Crippen LogP) is 3.67. The van der Waals surface area contributed by atoms with Crippen molar-refractivity contribution >= 4 is 11.6 Å². The van der Waals surface area contributed by atoms with Gasteiger partial charge in [0.25, 0.3) is 5.91 Å². The van der Waals surface area contributed by atoms with Crippen LogP contribution in [0.1, 0.15) is 45.7 Å². The topological polar surface area (TPSA) is 55.6 Å². The van der Waals surface area contributed by atoms with Crippen molar-refractivity contribution < 1.29 is 9.53 Å². The standard InChI is InChI=1S/C19H28N2O2/c1-6-9-21-16-11-14(15(20)10-12(2)3)7-8-17(16)23-18(13(4)5)19(21)22/h6-8,11-13,15,18H,1,9-10,20H2,2-5H3. The molecule has 2 atom stereocenters. The van der Waals surface area contributed by atoms with Crippen LogP contribution in [-0.2, 0) is 4.79 Å². The molecule has 4 nitrogen and oxygen atoms in total. The lowest BCUT2D eigenvalue weighted by Gasteiger charge is -2.36. The van der Waals surface area contributed by atoms with E-state index < -0.39 is 6.10 Å². The van der Waals surface area contributed by atoms with Gasteiger partial charge in [-0.15, -0.1) is 6.58 Å². The lowest BCUT2D eigenvalue weighted by molar-refractivity contribution is -0.128. The van der Waals surface area contributed by atoms with E-state index >= 15 is 0 Å². The number of hydrogen-bond donors (Lipinski definition) is 1. The van der Waals surface area contributed by atoms with E-state index in [2.05, 4.69) is 20.4 Å². The van der Waals surface area contributed by atoms with Crippen LogP contribution >= 0.6 is 0 Å². The van der Waals surface area contributed by atoms with Crippen molar-refractivity contribution in [3.05, 3.63) is 36.4 Å². The highest BCUT2D eigenvalue weighted by Crippen LogP contribution is 2.38. The number of hydrogen-bond acceptors (Lipinski definition) is 3. The highest BCUT2D eigenvalue weighted by Gasteiger charge is 2.36. The minimum Gasteiger partial charge on any atom is -0.478 e. The van der Waals surface area contributed by atoms with Crippen molar-refractivity contribution in [3.63, 3.8) is 0 Å². The van der Waals surface area contributed by atoms with Gasteiger partial charge in [-0.05, 0) is 36.0 Å². The van der Waals surface area contributed by atoms with Crippen molar-refractivity contribution in [1.82, 2.24) is 0 Å². The zero-order chi connectivity index (χ0) is 17.1. The molecule has 4 heteroatoms. The highest BCUT2D eigenvalue weighted by atomic mass is 16.5. The van der Waals surface area contributed by atoms with Gasteiger partial charge in [0.05, 0.1) is 5.69 Å². The number of fused-ring (bicyclic) bond motifs is 1. The summed E-state index contributed by atoms with van der Waals surface area (Å²) in [6, 6.07) is 5.89. The van der Waals surface area contributed by atoms with Gasteiger partial charge >= 0.3 is 0 Å². The second-order valence-corrected chi connectivity index (χ2v) is 6.98. The molecule has 23 heavy (non-hydrogen) atoms. The van der Waals surface area contributed by atoms with Crippen LogP contribution < -0.4 is 15.4 Å². The van der Waals surface area contributed by atoms with Crippen molar-refractivity contribution in [2.45, 2.75) is 46.3 Å². The quantitative estimate of drug-likeness (QED) is 0.815. The number of amides is 1. The van der Waals surface area contributed by atoms with Gasteiger partial charge in [-0.2, -0.15) is 0 Å². The third-order valence-corrected chi connectivity index (χ3v) is 4.11. The van der Waals surface area contributed by atoms with Gasteiger partial charge in [-0.3, -0.25) is 4.79 Å². The Kier molecular flexibility index (Phi) is 5.47. The molecular formula is C19H28N2O2. The Hall–Kier alpha value is -1.81. The first-order chi connectivity index (χ1) is 10.8. The molecule has 2 unspecified atom stereocenters. The number of ether oxygens (including phenoxy) is 1. The van der Waals surface area contributed by atoms with Crippen LogP contribution in [0, 0.1) is 11.8 Å². The molecule has 2 N–H and O–H groups in total. The van der Waals surface area contributed by atoms with Gasteiger partial charge in [0.15, 0.2) is 6.10 Å². The first kappa shape index (κ1) is 17.5. The number of rotatable bonds is 6. The Labute approximate surface area is 139 Å². The van der Waals surface area contributed by atoms with Crippen molar-refractivity contribution in [2.75, 3.05) is 11.4 Å². The normalized spacial score (nSPS) is 18.8. The van der Waals surface area contributed by atoms with Crippen LogP contribution in [0.15, 0.2) is 30.9 Å². The number of carbonyl (C=O) groups is 1. The lowest BCUT2D eigenvalue weighted by Crippen LogP contribution is -2.48. The van der Waals surface area contributed by atoms with E-state index in [1.807, 2.05) is 32.0 Å². The molecule has 0 bridgehead atoms. The molecule has 0 saturated carbocycles. The Morgan fingerprint density at radius 1 is 1.35 bits per heavy atom. The molecular weight excluding hydrogens is 288 g/mol. The van der Waals surface area contributed by atoms with E-state index in [9.17, 15) is 4.79 Å². The van der Waals surface area contributed by atoms with Crippen molar-refractivity contribution in [1.29, 1.82) is 0 Å². The van der Waals surface area contributed by atoms with Gasteiger partial charge in [-0.25, -0.2) is 0 Å². The Morgan fingerprint density at radius 3 is 2.61 bits per heavy atom. The van der Waals surface area contributed by atoms with Gasteiger partial charge in [-0.1, -0.05) is 39.8 Å². The van der Waals surface area contributed by atoms with Crippen LogP contribution in [-0.4, -0.2) is 18.6 Å². The summed E-state index contributed by atoms with van der Waals surface area (Å²) in [5.41, 5.74) is 8.12. The van der Waals surface area contributed by atoms with Gasteiger partial charge < -0.3 is 15.4 Å². The number of nitrogens with zero attached hydrogens (tertiary/aromatic N) is 1. The summed E-state index contributed by atoms with van der Waals surface area (Å²) >= 11 is 0. The maximum atomic E-state index is 12.7. The Balaban J connectivity index is 2.39. The summed E-state index contributed by atoms with van der Waals surface area (Å²) in [4.78, 5) is 14.5. The second-order valence-electron chi connectivity index (χ2n) is 6.98. The molecule has 126 valence electrons. The molecule has 1 amide bonds. The molecule has 2 rings (SSSR count). The van der Waals surface area contributed by atoms with E-state index in [1.54, 1.807) is 11.0 Å². The van der Waals surface area contributed by atoms with E-state index in [4.69, 9.17) is 10.5 Å². The average molecular weight is 316 g/mol. The third-order valence-electron chi connectivity index (χ3n) is 4.11. The number of anilines is 1. The Morgan fingerprint density at radius 2 is 2.04 bits per heavy atom. The summed E-state index contributed by atoms with van der Waals surface area (Å²) in [5.74, 6) is 1.37. The van der Waals surface area contributed by atoms with Gasteiger partial charge in [0.2, 0.25) is 0 Å². The molecule has 0 spiro atoms. The summed E-state index contributed by atoms with van der Waals surface area (Å²) in [6.45, 7) is 12.5.